The van der Waals surface area contributed by atoms with Crippen LogP contribution in [0.1, 0.15) is 0 Å². The molecule has 1 N–H and O–H groups in total. The lowest BCUT2D eigenvalue weighted by Gasteiger charge is -2.04. The fraction of sp³-hybridized carbons (Fsp3) is 0. The minimum absolute atomic E-state index is 0.0527. The van der Waals surface area contributed by atoms with Gasteiger partial charge in [0.05, 0.1) is 4.92 Å². The summed E-state index contributed by atoms with van der Waals surface area (Å²) in [5.74, 6) is 0.210. The number of nitro groups is 1. The molecule has 0 radical (unpaired) electrons. The van der Waals surface area contributed by atoms with E-state index >= 15 is 0 Å². The van der Waals surface area contributed by atoms with Crippen molar-refractivity contribution in [3.05, 3.63) is 57.1 Å². The number of non-ortho nitro benzene ring substituents is 1. The van der Waals surface area contributed by atoms with Gasteiger partial charge in [0.15, 0.2) is 0 Å². The van der Waals surface area contributed by atoms with E-state index in [9.17, 15) is 15.2 Å². The van der Waals surface area contributed by atoms with Crippen LogP contribution in [0.15, 0.2) is 56.7 Å². The summed E-state index contributed by atoms with van der Waals surface area (Å²) in [6, 6.07) is 11.4. The van der Waals surface area contributed by atoms with Crippen LogP contribution in [0.4, 0.5) is 5.69 Å². The predicted octanol–water partition coefficient (Wildman–Crippen LogP) is 4.21. The molecular weight excluding hydrogens is 318 g/mol. The Labute approximate surface area is 116 Å². The van der Waals surface area contributed by atoms with E-state index in [1.807, 2.05) is 0 Å². The van der Waals surface area contributed by atoms with Gasteiger partial charge in [-0.05, 0) is 46.3 Å². The zero-order valence-corrected chi connectivity index (χ0v) is 11.4. The van der Waals surface area contributed by atoms with Gasteiger partial charge in [-0.3, -0.25) is 10.1 Å². The van der Waals surface area contributed by atoms with Crippen molar-refractivity contribution in [1.82, 2.24) is 0 Å². The molecule has 0 aliphatic rings. The number of hydrogen-bond donors (Lipinski definition) is 1. The summed E-state index contributed by atoms with van der Waals surface area (Å²) in [5.41, 5.74) is 0.0527. The van der Waals surface area contributed by atoms with Gasteiger partial charge in [-0.2, -0.15) is 0 Å². The molecule has 0 unspecified atom stereocenters. The number of halogens is 1. The van der Waals surface area contributed by atoms with Gasteiger partial charge < -0.3 is 5.11 Å². The van der Waals surface area contributed by atoms with Crippen molar-refractivity contribution >= 4 is 33.4 Å². The van der Waals surface area contributed by atoms with Crippen LogP contribution in [0.2, 0.25) is 0 Å². The summed E-state index contributed by atoms with van der Waals surface area (Å²) < 4.78 is 0.676. The number of rotatable bonds is 3. The molecule has 0 spiro atoms. The third-order valence-electron chi connectivity index (χ3n) is 2.19. The van der Waals surface area contributed by atoms with Crippen molar-refractivity contribution in [2.45, 2.75) is 9.79 Å². The van der Waals surface area contributed by atoms with E-state index in [2.05, 4.69) is 15.9 Å². The molecule has 2 aromatic carbocycles. The largest absolute Gasteiger partial charge is 0.508 e. The van der Waals surface area contributed by atoms with Crippen molar-refractivity contribution in [2.75, 3.05) is 0 Å². The van der Waals surface area contributed by atoms with Crippen molar-refractivity contribution in [1.29, 1.82) is 0 Å². The molecule has 0 aliphatic heterocycles. The topological polar surface area (TPSA) is 63.4 Å². The maximum Gasteiger partial charge on any atom is 0.270 e. The Hall–Kier alpha value is -1.53. The van der Waals surface area contributed by atoms with Gasteiger partial charge in [0.1, 0.15) is 5.75 Å². The minimum Gasteiger partial charge on any atom is -0.508 e. The smallest absolute Gasteiger partial charge is 0.270 e. The number of hydrogen-bond acceptors (Lipinski definition) is 4. The minimum atomic E-state index is -0.431. The Bertz CT molecular complexity index is 586. The summed E-state index contributed by atoms with van der Waals surface area (Å²) in [5, 5.41) is 19.8. The number of phenols is 1. The third-order valence-corrected chi connectivity index (χ3v) is 4.19. The van der Waals surface area contributed by atoms with Gasteiger partial charge >= 0.3 is 0 Å². The molecule has 6 heteroatoms. The van der Waals surface area contributed by atoms with Crippen LogP contribution in [0.25, 0.3) is 0 Å². The van der Waals surface area contributed by atoms with Crippen molar-refractivity contribution in [3.63, 3.8) is 0 Å². The third kappa shape index (κ3) is 3.02. The SMILES string of the molecule is O=[N+]([O-])c1ccc(Sc2ccc(O)cc2)c(Br)c1. The first-order valence-electron chi connectivity index (χ1n) is 4.97. The maximum atomic E-state index is 10.6. The Morgan fingerprint density at radius 2 is 1.83 bits per heavy atom. The fourth-order valence-corrected chi connectivity index (χ4v) is 2.76. The number of benzene rings is 2. The quantitative estimate of drug-likeness (QED) is 0.678. The Morgan fingerprint density at radius 3 is 2.39 bits per heavy atom. The van der Waals surface area contributed by atoms with Crippen LogP contribution < -0.4 is 0 Å². The van der Waals surface area contributed by atoms with E-state index in [0.717, 1.165) is 9.79 Å². The maximum absolute atomic E-state index is 10.6. The highest BCUT2D eigenvalue weighted by atomic mass is 79.9. The molecule has 0 aliphatic carbocycles. The van der Waals surface area contributed by atoms with Gasteiger partial charge in [-0.15, -0.1) is 0 Å². The molecule has 2 aromatic rings. The molecule has 0 atom stereocenters. The van der Waals surface area contributed by atoms with Crippen molar-refractivity contribution < 1.29 is 10.0 Å². The average Bonchev–Trinajstić information content (AvgIpc) is 2.34. The van der Waals surface area contributed by atoms with E-state index < -0.39 is 4.92 Å². The van der Waals surface area contributed by atoms with E-state index in [0.29, 0.717) is 4.47 Å². The summed E-state index contributed by atoms with van der Waals surface area (Å²) in [4.78, 5) is 12.0. The van der Waals surface area contributed by atoms with Crippen LogP contribution in [0.5, 0.6) is 5.75 Å². The van der Waals surface area contributed by atoms with Gasteiger partial charge in [-0.1, -0.05) is 11.8 Å². The zero-order valence-electron chi connectivity index (χ0n) is 9.04. The molecule has 4 nitrogen and oxygen atoms in total. The molecule has 18 heavy (non-hydrogen) atoms. The van der Waals surface area contributed by atoms with Gasteiger partial charge in [0, 0.05) is 26.4 Å². The standard InChI is InChI=1S/C12H8BrNO3S/c13-11-7-8(14(16)17)1-6-12(11)18-10-4-2-9(15)3-5-10/h1-7,15H. The lowest BCUT2D eigenvalue weighted by Crippen LogP contribution is -1.87. The molecule has 2 rings (SSSR count). The highest BCUT2D eigenvalue weighted by Gasteiger charge is 2.09. The van der Waals surface area contributed by atoms with E-state index in [-0.39, 0.29) is 11.4 Å². The molecule has 0 aromatic heterocycles. The number of phenolic OH excluding ortho intramolecular Hbond substituents is 1. The second-order valence-corrected chi connectivity index (χ2v) is 5.44. The molecule has 0 saturated heterocycles. The number of nitro benzene ring substituents is 1. The normalized spacial score (nSPS) is 10.3. The fourth-order valence-electron chi connectivity index (χ4n) is 1.33. The lowest BCUT2D eigenvalue weighted by molar-refractivity contribution is -0.385. The molecule has 0 heterocycles. The summed E-state index contributed by atoms with van der Waals surface area (Å²) in [7, 11) is 0. The summed E-state index contributed by atoms with van der Waals surface area (Å²) in [6.07, 6.45) is 0. The van der Waals surface area contributed by atoms with Crippen molar-refractivity contribution in [3.8, 4) is 5.75 Å². The van der Waals surface area contributed by atoms with E-state index in [1.165, 1.54) is 23.9 Å². The monoisotopic (exact) mass is 325 g/mol. The Kier molecular flexibility index (Phi) is 3.88. The first kappa shape index (κ1) is 12.9. The van der Waals surface area contributed by atoms with Crippen LogP contribution in [0.3, 0.4) is 0 Å². The number of aromatic hydroxyl groups is 1. The van der Waals surface area contributed by atoms with Crippen LogP contribution in [-0.4, -0.2) is 10.0 Å². The molecule has 0 saturated carbocycles. The second-order valence-electron chi connectivity index (χ2n) is 3.47. The summed E-state index contributed by atoms with van der Waals surface area (Å²) >= 11 is 4.78. The molecule has 0 amide bonds. The number of nitrogens with zero attached hydrogens (tertiary/aromatic N) is 1. The molecule has 0 bridgehead atoms. The molecular formula is C12H8BrNO3S. The zero-order chi connectivity index (χ0) is 13.1. The molecule has 92 valence electrons. The van der Waals surface area contributed by atoms with Crippen molar-refractivity contribution in [2.24, 2.45) is 0 Å². The Balaban J connectivity index is 2.24. The van der Waals surface area contributed by atoms with E-state index in [1.54, 1.807) is 30.3 Å². The highest BCUT2D eigenvalue weighted by Crippen LogP contribution is 2.35. The molecule has 0 fully saturated rings. The lowest BCUT2D eigenvalue weighted by atomic mass is 10.3. The van der Waals surface area contributed by atoms with Gasteiger partial charge in [-0.25, -0.2) is 0 Å². The highest BCUT2D eigenvalue weighted by molar-refractivity contribution is 9.10. The van der Waals surface area contributed by atoms with Crippen LogP contribution >= 0.6 is 27.7 Å². The Morgan fingerprint density at radius 1 is 1.17 bits per heavy atom. The second kappa shape index (κ2) is 5.41. The van der Waals surface area contributed by atoms with Gasteiger partial charge in [0.25, 0.3) is 5.69 Å². The van der Waals surface area contributed by atoms with Crippen LogP contribution in [0, 0.1) is 10.1 Å². The predicted molar refractivity (Wildman–Crippen MR) is 73.0 cm³/mol. The summed E-state index contributed by atoms with van der Waals surface area (Å²) in [6.45, 7) is 0. The van der Waals surface area contributed by atoms with Crippen LogP contribution in [-0.2, 0) is 0 Å². The first-order chi connectivity index (χ1) is 8.56. The van der Waals surface area contributed by atoms with E-state index in [4.69, 9.17) is 0 Å². The van der Waals surface area contributed by atoms with Gasteiger partial charge in [0.2, 0.25) is 0 Å². The first-order valence-corrected chi connectivity index (χ1v) is 6.58. The average molecular weight is 326 g/mol.